The molecule has 0 aliphatic carbocycles. The minimum Gasteiger partial charge on any atom is -0.459 e. The smallest absolute Gasteiger partial charge is 0.339 e. The number of allylic oxidation sites excluding steroid dienone is 1. The molecule has 44 heavy (non-hydrogen) atoms. The number of carbonyl (C=O) groups excluding carboxylic acids is 2. The topological polar surface area (TPSA) is 100 Å². The van der Waals surface area contributed by atoms with Crippen LogP contribution >= 0.6 is 34.7 Å². The van der Waals surface area contributed by atoms with Crippen LogP contribution in [0.2, 0.25) is 5.02 Å². The molecule has 5 rings (SSSR count). The summed E-state index contributed by atoms with van der Waals surface area (Å²) in [6, 6.07) is 15.3. The van der Waals surface area contributed by atoms with E-state index in [1.807, 2.05) is 30.5 Å². The summed E-state index contributed by atoms with van der Waals surface area (Å²) in [5.41, 5.74) is 2.04. The molecule has 0 saturated heterocycles. The van der Waals surface area contributed by atoms with Crippen molar-refractivity contribution in [2.75, 3.05) is 6.26 Å². The summed E-state index contributed by atoms with van der Waals surface area (Å²) in [6.07, 6.45) is 2.97. The largest absolute Gasteiger partial charge is 0.459 e. The fourth-order valence-electron chi connectivity index (χ4n) is 4.84. The summed E-state index contributed by atoms with van der Waals surface area (Å²) >= 11 is 9.06. The van der Waals surface area contributed by atoms with Gasteiger partial charge in [-0.2, -0.15) is 0 Å². The molecule has 0 unspecified atom stereocenters. The molecule has 0 amide bonds. The van der Waals surface area contributed by atoms with E-state index in [4.69, 9.17) is 25.5 Å². The summed E-state index contributed by atoms with van der Waals surface area (Å²) in [4.78, 5) is 46.2. The standard InChI is InChI=1S/C33H31ClN2O6S2/c1-17(2)40-31(38)24-13-9-21(34)15-25(24)26-14-10-22(42-26)16-27-30(37)36-29(20-7-11-23(43-6)12-8-20)28(32(39)41-18(3)4)19(5)35-33(36)44-27/h7-18,29H,1-6H3/b27-16-/t29-/m0/s1. The number of ether oxygens (including phenoxy) is 2. The van der Waals surface area contributed by atoms with Crippen LogP contribution in [0.15, 0.2) is 85.0 Å². The first-order valence-corrected chi connectivity index (χ1v) is 16.4. The molecule has 0 spiro atoms. The predicted octanol–water partition coefficient (Wildman–Crippen LogP) is 6.39. The Balaban J connectivity index is 1.60. The number of nitrogens with zero attached hydrogens (tertiary/aromatic N) is 2. The van der Waals surface area contributed by atoms with Crippen LogP contribution < -0.4 is 14.9 Å². The zero-order valence-electron chi connectivity index (χ0n) is 25.0. The fraction of sp³-hybridized carbons (Fsp3) is 0.273. The van der Waals surface area contributed by atoms with Crippen LogP contribution in [0.3, 0.4) is 0 Å². The lowest BCUT2D eigenvalue weighted by Crippen LogP contribution is -2.40. The minimum absolute atomic E-state index is 0.298. The van der Waals surface area contributed by atoms with Crippen molar-refractivity contribution >= 4 is 52.7 Å². The molecule has 1 atom stereocenters. The molecule has 0 radical (unpaired) electrons. The van der Waals surface area contributed by atoms with E-state index < -0.39 is 18.0 Å². The zero-order chi connectivity index (χ0) is 31.7. The maximum absolute atomic E-state index is 14.0. The van der Waals surface area contributed by atoms with E-state index >= 15 is 0 Å². The summed E-state index contributed by atoms with van der Waals surface area (Å²) in [5, 5.41) is 0.431. The van der Waals surface area contributed by atoms with Gasteiger partial charge in [-0.3, -0.25) is 9.36 Å². The number of esters is 2. The molecule has 3 heterocycles. The maximum Gasteiger partial charge on any atom is 0.339 e. The number of hydrogen-bond donors (Lipinski definition) is 0. The quantitative estimate of drug-likeness (QED) is 0.161. The first-order chi connectivity index (χ1) is 21.0. The predicted molar refractivity (Wildman–Crippen MR) is 173 cm³/mol. The lowest BCUT2D eigenvalue weighted by atomic mass is 9.96. The van der Waals surface area contributed by atoms with Crippen molar-refractivity contribution in [3.8, 4) is 11.3 Å². The number of benzene rings is 2. The Morgan fingerprint density at radius 3 is 2.36 bits per heavy atom. The Kier molecular flexibility index (Phi) is 9.34. The molecule has 0 saturated carbocycles. The van der Waals surface area contributed by atoms with Crippen LogP contribution in [0.1, 0.15) is 62.3 Å². The Labute approximate surface area is 267 Å². The van der Waals surface area contributed by atoms with Gasteiger partial charge in [-0.1, -0.05) is 35.1 Å². The highest BCUT2D eigenvalue weighted by atomic mass is 35.5. The number of furan rings is 1. The number of halogens is 1. The highest BCUT2D eigenvalue weighted by molar-refractivity contribution is 7.98. The Hall–Kier alpha value is -3.86. The molecule has 0 bridgehead atoms. The lowest BCUT2D eigenvalue weighted by molar-refractivity contribution is -0.143. The summed E-state index contributed by atoms with van der Waals surface area (Å²) < 4.78 is 19.0. The second-order valence-electron chi connectivity index (χ2n) is 10.7. The van der Waals surface area contributed by atoms with Gasteiger partial charge in [0.15, 0.2) is 4.80 Å². The van der Waals surface area contributed by atoms with Crippen molar-refractivity contribution in [1.29, 1.82) is 0 Å². The van der Waals surface area contributed by atoms with Gasteiger partial charge >= 0.3 is 11.9 Å². The highest BCUT2D eigenvalue weighted by Gasteiger charge is 2.34. The number of carbonyl (C=O) groups is 2. The van der Waals surface area contributed by atoms with Gasteiger partial charge in [0.05, 0.1) is 39.6 Å². The van der Waals surface area contributed by atoms with E-state index in [0.717, 1.165) is 10.5 Å². The van der Waals surface area contributed by atoms with Crippen molar-refractivity contribution in [3.63, 3.8) is 0 Å². The van der Waals surface area contributed by atoms with Crippen LogP contribution in [0, 0.1) is 0 Å². The van der Waals surface area contributed by atoms with Crippen molar-refractivity contribution in [1.82, 2.24) is 4.57 Å². The Bertz CT molecular complexity index is 1950. The van der Waals surface area contributed by atoms with Crippen LogP contribution in [0.25, 0.3) is 17.4 Å². The molecule has 0 fully saturated rings. The molecule has 0 N–H and O–H groups in total. The third kappa shape index (κ3) is 6.47. The average molecular weight is 651 g/mol. The summed E-state index contributed by atoms with van der Waals surface area (Å²) in [5.74, 6) is -0.225. The van der Waals surface area contributed by atoms with Crippen molar-refractivity contribution in [2.24, 2.45) is 4.99 Å². The molecule has 228 valence electrons. The molecule has 4 aromatic rings. The van der Waals surface area contributed by atoms with E-state index in [2.05, 4.69) is 4.99 Å². The molecule has 1 aliphatic heterocycles. The average Bonchev–Trinajstić information content (AvgIpc) is 3.55. The first-order valence-electron chi connectivity index (χ1n) is 13.9. The molecular weight excluding hydrogens is 620 g/mol. The van der Waals surface area contributed by atoms with Gasteiger partial charge in [-0.05, 0) is 88.9 Å². The number of thioether (sulfide) groups is 1. The monoisotopic (exact) mass is 650 g/mol. The number of aromatic nitrogens is 1. The van der Waals surface area contributed by atoms with Gasteiger partial charge in [-0.15, -0.1) is 11.8 Å². The molecule has 1 aliphatic rings. The van der Waals surface area contributed by atoms with Gasteiger partial charge in [-0.25, -0.2) is 14.6 Å². The van der Waals surface area contributed by atoms with Crippen LogP contribution in [-0.4, -0.2) is 35.0 Å². The molecule has 11 heteroatoms. The summed E-state index contributed by atoms with van der Waals surface area (Å²) in [7, 11) is 0. The van der Waals surface area contributed by atoms with Crippen LogP contribution in [-0.2, 0) is 14.3 Å². The molecular formula is C33H31ClN2O6S2. The van der Waals surface area contributed by atoms with Crippen molar-refractivity contribution < 1.29 is 23.5 Å². The number of rotatable bonds is 8. The van der Waals surface area contributed by atoms with E-state index in [0.29, 0.717) is 48.3 Å². The third-order valence-electron chi connectivity index (χ3n) is 6.73. The first kappa shape index (κ1) is 31.6. The fourth-order valence-corrected chi connectivity index (χ4v) is 6.45. The van der Waals surface area contributed by atoms with Gasteiger partial charge < -0.3 is 13.9 Å². The van der Waals surface area contributed by atoms with Crippen molar-refractivity contribution in [2.45, 2.75) is 57.8 Å². The van der Waals surface area contributed by atoms with E-state index in [-0.39, 0.29) is 17.8 Å². The molecule has 2 aromatic carbocycles. The van der Waals surface area contributed by atoms with E-state index in [1.54, 1.807) is 82.8 Å². The van der Waals surface area contributed by atoms with Gasteiger partial charge in [0, 0.05) is 21.6 Å². The minimum atomic E-state index is -0.719. The van der Waals surface area contributed by atoms with Crippen LogP contribution in [0.4, 0.5) is 0 Å². The number of thiazole rings is 1. The van der Waals surface area contributed by atoms with Crippen LogP contribution in [0.5, 0.6) is 0 Å². The Morgan fingerprint density at radius 2 is 1.70 bits per heavy atom. The second-order valence-corrected chi connectivity index (χ2v) is 13.0. The molecule has 2 aromatic heterocycles. The highest BCUT2D eigenvalue weighted by Crippen LogP contribution is 2.33. The SMILES string of the molecule is CSc1ccc([C@H]2C(C(=O)OC(C)C)=C(C)N=c3s/c(=C\c4ccc(-c5cc(Cl)ccc5C(=O)OC(C)C)o4)c(=O)n32)cc1. The van der Waals surface area contributed by atoms with Gasteiger partial charge in [0.25, 0.3) is 5.56 Å². The third-order valence-corrected chi connectivity index (χ3v) is 8.69. The van der Waals surface area contributed by atoms with Crippen molar-refractivity contribution in [3.05, 3.63) is 107 Å². The maximum atomic E-state index is 14.0. The van der Waals surface area contributed by atoms with E-state index in [1.165, 1.54) is 15.9 Å². The lowest BCUT2D eigenvalue weighted by Gasteiger charge is -2.25. The van der Waals surface area contributed by atoms with E-state index in [9.17, 15) is 14.4 Å². The molecule has 8 nitrogen and oxygen atoms in total. The summed E-state index contributed by atoms with van der Waals surface area (Å²) in [6.45, 7) is 8.86. The van der Waals surface area contributed by atoms with Gasteiger partial charge in [0.2, 0.25) is 0 Å². The normalized spacial score (nSPS) is 15.0. The second kappa shape index (κ2) is 13.0. The zero-order valence-corrected chi connectivity index (χ0v) is 27.4. The van der Waals surface area contributed by atoms with Gasteiger partial charge in [0.1, 0.15) is 11.5 Å². The Morgan fingerprint density at radius 1 is 1.02 bits per heavy atom. The number of fused-ring (bicyclic) bond motifs is 1. The number of hydrogen-bond acceptors (Lipinski definition) is 9.